The number of pyridine rings is 2. The van der Waals surface area contributed by atoms with Gasteiger partial charge in [-0.2, -0.15) is 5.10 Å². The number of amides is 2. The molecule has 0 aliphatic carbocycles. The predicted octanol–water partition coefficient (Wildman–Crippen LogP) is 2.75. The summed E-state index contributed by atoms with van der Waals surface area (Å²) < 4.78 is 1.58. The van der Waals surface area contributed by atoms with Gasteiger partial charge in [0.1, 0.15) is 17.2 Å². The fourth-order valence-electron chi connectivity index (χ4n) is 3.55. The number of rotatable bonds is 5. The topological polar surface area (TPSA) is 97.1 Å². The largest absolute Gasteiger partial charge is 0.291 e. The van der Waals surface area contributed by atoms with Crippen LogP contribution >= 0.6 is 11.3 Å². The van der Waals surface area contributed by atoms with Gasteiger partial charge in [0.2, 0.25) is 0 Å². The Morgan fingerprint density at radius 2 is 1.72 bits per heavy atom. The lowest BCUT2D eigenvalue weighted by Gasteiger charge is -2.27. The van der Waals surface area contributed by atoms with Gasteiger partial charge in [-0.25, -0.2) is 15.0 Å². The van der Waals surface area contributed by atoms with Gasteiger partial charge in [-0.3, -0.25) is 24.2 Å². The highest BCUT2D eigenvalue weighted by Gasteiger charge is 2.32. The van der Waals surface area contributed by atoms with Crippen LogP contribution in [0.15, 0.2) is 66.7 Å². The van der Waals surface area contributed by atoms with E-state index in [0.29, 0.717) is 18.8 Å². The molecule has 4 aromatic rings. The van der Waals surface area contributed by atoms with Crippen molar-refractivity contribution in [1.82, 2.24) is 34.8 Å². The third kappa shape index (κ3) is 4.00. The first kappa shape index (κ1) is 20.0. The summed E-state index contributed by atoms with van der Waals surface area (Å²) in [6.45, 7) is 1.01. The van der Waals surface area contributed by atoms with Crippen molar-refractivity contribution < 1.29 is 9.59 Å². The highest BCUT2D eigenvalue weighted by atomic mass is 32.1. The third-order valence-electron chi connectivity index (χ3n) is 5.08. The van der Waals surface area contributed by atoms with Crippen molar-refractivity contribution in [3.63, 3.8) is 0 Å². The van der Waals surface area contributed by atoms with Gasteiger partial charge in [0.05, 0.1) is 5.69 Å². The molecule has 4 aromatic heterocycles. The van der Waals surface area contributed by atoms with E-state index in [1.54, 1.807) is 41.0 Å². The predicted molar refractivity (Wildman–Crippen MR) is 118 cm³/mol. The molecule has 2 amide bonds. The lowest BCUT2D eigenvalue weighted by atomic mass is 10.2. The van der Waals surface area contributed by atoms with Crippen molar-refractivity contribution in [3.05, 3.63) is 72.4 Å². The maximum absolute atomic E-state index is 13.1. The van der Waals surface area contributed by atoms with Crippen molar-refractivity contribution in [3.8, 4) is 21.8 Å². The van der Waals surface area contributed by atoms with Crippen LogP contribution in [0.1, 0.15) is 16.9 Å². The summed E-state index contributed by atoms with van der Waals surface area (Å²) in [5.74, 6) is -0.474. The summed E-state index contributed by atoms with van der Waals surface area (Å²) in [6, 6.07) is 9.32. The molecule has 1 aliphatic heterocycles. The Kier molecular flexibility index (Phi) is 5.42. The van der Waals surface area contributed by atoms with Crippen LogP contribution in [0.2, 0.25) is 0 Å². The number of aromatic nitrogens is 5. The highest BCUT2D eigenvalue weighted by Crippen LogP contribution is 2.24. The summed E-state index contributed by atoms with van der Waals surface area (Å²) >= 11 is 1.38. The maximum Gasteiger partial charge on any atom is 0.291 e. The summed E-state index contributed by atoms with van der Waals surface area (Å²) in [6.07, 6.45) is 9.30. The zero-order valence-corrected chi connectivity index (χ0v) is 17.9. The second-order valence-corrected chi connectivity index (χ2v) is 8.08. The van der Waals surface area contributed by atoms with E-state index < -0.39 is 0 Å². The van der Waals surface area contributed by atoms with Crippen LogP contribution in [-0.4, -0.2) is 59.7 Å². The fourth-order valence-corrected chi connectivity index (χ4v) is 4.33. The molecule has 0 atom stereocenters. The Balaban J connectivity index is 1.28. The van der Waals surface area contributed by atoms with Gasteiger partial charge in [0, 0.05) is 60.6 Å². The van der Waals surface area contributed by atoms with Gasteiger partial charge >= 0.3 is 0 Å². The zero-order valence-electron chi connectivity index (χ0n) is 17.0. The van der Waals surface area contributed by atoms with Crippen molar-refractivity contribution in [2.45, 2.75) is 13.0 Å². The molecule has 0 saturated carbocycles. The molecule has 0 bridgehead atoms. The molecule has 1 fully saturated rings. The van der Waals surface area contributed by atoms with Gasteiger partial charge in [-0.1, -0.05) is 0 Å². The number of carbonyl (C=O) groups is 2. The minimum absolute atomic E-state index is 0.0437. The number of nitrogens with zero attached hydrogens (tertiary/aromatic N) is 7. The SMILES string of the molecule is O=C(Cn1ccc(-c2cccnc2)n1)N1CCCN1C(=O)c1csc(-c2cccnc2)n1. The second kappa shape index (κ2) is 8.67. The normalized spacial score (nSPS) is 13.5. The van der Waals surface area contributed by atoms with Crippen molar-refractivity contribution >= 4 is 23.2 Å². The Morgan fingerprint density at radius 3 is 2.47 bits per heavy atom. The first-order chi connectivity index (χ1) is 15.7. The summed E-state index contributed by atoms with van der Waals surface area (Å²) in [5.41, 5.74) is 2.80. The lowest BCUT2D eigenvalue weighted by Crippen LogP contribution is -2.46. The monoisotopic (exact) mass is 445 g/mol. The van der Waals surface area contributed by atoms with Crippen LogP contribution in [0.25, 0.3) is 21.8 Å². The van der Waals surface area contributed by atoms with Gasteiger partial charge < -0.3 is 0 Å². The minimum atomic E-state index is -0.279. The smallest absolute Gasteiger partial charge is 0.271 e. The molecule has 5 rings (SSSR count). The summed E-state index contributed by atoms with van der Waals surface area (Å²) in [7, 11) is 0. The first-order valence-electron chi connectivity index (χ1n) is 10.1. The molecule has 0 radical (unpaired) electrons. The van der Waals surface area contributed by atoms with E-state index in [0.717, 1.165) is 28.2 Å². The molecule has 160 valence electrons. The van der Waals surface area contributed by atoms with E-state index in [-0.39, 0.29) is 18.4 Å². The Bertz CT molecular complexity index is 1240. The molecule has 5 heterocycles. The van der Waals surface area contributed by atoms with E-state index in [1.807, 2.05) is 30.3 Å². The Morgan fingerprint density at radius 1 is 0.969 bits per heavy atom. The van der Waals surface area contributed by atoms with Gasteiger partial charge in [-0.05, 0) is 36.8 Å². The van der Waals surface area contributed by atoms with Crippen molar-refractivity contribution in [1.29, 1.82) is 0 Å². The van der Waals surface area contributed by atoms with E-state index >= 15 is 0 Å². The number of carbonyl (C=O) groups excluding carboxylic acids is 2. The van der Waals surface area contributed by atoms with E-state index in [9.17, 15) is 9.59 Å². The molecule has 0 aromatic carbocycles. The second-order valence-electron chi connectivity index (χ2n) is 7.22. The average molecular weight is 446 g/mol. The van der Waals surface area contributed by atoms with E-state index in [1.165, 1.54) is 21.4 Å². The maximum atomic E-state index is 13.1. The van der Waals surface area contributed by atoms with E-state index in [4.69, 9.17) is 0 Å². The molecule has 0 spiro atoms. The van der Waals surface area contributed by atoms with Crippen LogP contribution in [0.5, 0.6) is 0 Å². The Labute approximate surface area is 188 Å². The highest BCUT2D eigenvalue weighted by molar-refractivity contribution is 7.13. The van der Waals surface area contributed by atoms with Crippen LogP contribution < -0.4 is 0 Å². The zero-order chi connectivity index (χ0) is 21.9. The quantitative estimate of drug-likeness (QED) is 0.469. The summed E-state index contributed by atoms with van der Waals surface area (Å²) in [5, 5.41) is 9.89. The molecular weight excluding hydrogens is 426 g/mol. The molecule has 10 heteroatoms. The first-order valence-corrected chi connectivity index (χ1v) is 11.0. The van der Waals surface area contributed by atoms with Crippen LogP contribution in [0.3, 0.4) is 0 Å². The van der Waals surface area contributed by atoms with E-state index in [2.05, 4.69) is 20.1 Å². The summed E-state index contributed by atoms with van der Waals surface area (Å²) in [4.78, 5) is 38.7. The van der Waals surface area contributed by atoms with Crippen LogP contribution in [0, 0.1) is 0 Å². The molecular formula is C22H19N7O2S. The van der Waals surface area contributed by atoms with Crippen molar-refractivity contribution in [2.24, 2.45) is 0 Å². The molecule has 1 saturated heterocycles. The fraction of sp³-hybridized carbons (Fsp3) is 0.182. The van der Waals surface area contributed by atoms with Crippen molar-refractivity contribution in [2.75, 3.05) is 13.1 Å². The molecule has 0 N–H and O–H groups in total. The third-order valence-corrected chi connectivity index (χ3v) is 5.97. The van der Waals surface area contributed by atoms with Gasteiger partial charge in [0.25, 0.3) is 11.8 Å². The van der Waals surface area contributed by atoms with Crippen LogP contribution in [0.4, 0.5) is 0 Å². The average Bonchev–Trinajstić information content (AvgIpc) is 3.60. The minimum Gasteiger partial charge on any atom is -0.271 e. The van der Waals surface area contributed by atoms with Gasteiger partial charge in [-0.15, -0.1) is 11.3 Å². The number of thiazole rings is 1. The van der Waals surface area contributed by atoms with Gasteiger partial charge in [0.15, 0.2) is 0 Å². The molecule has 32 heavy (non-hydrogen) atoms. The number of hydrazine groups is 1. The molecule has 1 aliphatic rings. The number of hydrogen-bond donors (Lipinski definition) is 0. The van der Waals surface area contributed by atoms with Crippen LogP contribution in [-0.2, 0) is 11.3 Å². The number of hydrogen-bond acceptors (Lipinski definition) is 7. The molecule has 9 nitrogen and oxygen atoms in total. The Hall–Kier alpha value is -3.92. The molecule has 0 unspecified atom stereocenters. The lowest BCUT2D eigenvalue weighted by molar-refractivity contribution is -0.141. The standard InChI is InChI=1S/C22H19N7O2S/c30-20(14-27-11-6-18(26-27)16-4-1-7-23-12-16)28-9-3-10-29(28)22(31)19-15-32-21(25-19)17-5-2-8-24-13-17/h1-2,4-8,11-13,15H,3,9-10,14H2.